The third-order valence-electron chi connectivity index (χ3n) is 2.52. The van der Waals surface area contributed by atoms with E-state index >= 15 is 0 Å². The molecule has 1 aliphatic heterocycles. The van der Waals surface area contributed by atoms with Crippen molar-refractivity contribution in [1.29, 1.82) is 0 Å². The molecule has 1 unspecified atom stereocenters. The normalized spacial score (nSPS) is 14.1. The Morgan fingerprint density at radius 1 is 1.33 bits per heavy atom. The summed E-state index contributed by atoms with van der Waals surface area (Å²) in [5, 5.41) is 0. The molecule has 0 aromatic heterocycles. The fraction of sp³-hybridized carbons (Fsp3) is 0.500. The van der Waals surface area contributed by atoms with Crippen molar-refractivity contribution in [2.75, 3.05) is 13.7 Å². The maximum atomic E-state index is 5.54. The molecule has 3 heteroatoms. The summed E-state index contributed by atoms with van der Waals surface area (Å²) in [5.41, 5.74) is 1.09. The van der Waals surface area contributed by atoms with Gasteiger partial charge in [-0.3, -0.25) is 0 Å². The molecule has 0 bridgehead atoms. The van der Waals surface area contributed by atoms with Crippen LogP contribution in [0.15, 0.2) is 12.1 Å². The molecule has 0 fully saturated rings. The van der Waals surface area contributed by atoms with Crippen molar-refractivity contribution in [3.05, 3.63) is 17.7 Å². The van der Waals surface area contributed by atoms with Crippen LogP contribution in [0.25, 0.3) is 0 Å². The summed E-state index contributed by atoms with van der Waals surface area (Å²) in [6.07, 6.45) is 1.08. The topological polar surface area (TPSA) is 31.0 Å². The van der Waals surface area contributed by atoms with E-state index in [4.69, 9.17) is 14.2 Å². The fourth-order valence-corrected chi connectivity index (χ4v) is 1.52. The van der Waals surface area contributed by atoms with Gasteiger partial charge < -0.3 is 14.2 Å². The molecule has 15 heavy (non-hydrogen) atoms. The van der Waals surface area contributed by atoms with Crippen LogP contribution < -0.4 is 9.47 Å². The smallest absolute Gasteiger partial charge is 0.212 e. The van der Waals surface area contributed by atoms with E-state index < -0.39 is 0 Å². The van der Waals surface area contributed by atoms with E-state index in [2.05, 4.69) is 6.92 Å². The van der Waals surface area contributed by atoms with Gasteiger partial charge in [0.05, 0.1) is 12.7 Å². The maximum Gasteiger partial charge on any atom is 0.212 e. The van der Waals surface area contributed by atoms with Crippen LogP contribution in [0.5, 0.6) is 17.2 Å². The summed E-state index contributed by atoms with van der Waals surface area (Å²) >= 11 is 0. The Morgan fingerprint density at radius 2 is 2.13 bits per heavy atom. The zero-order valence-electron chi connectivity index (χ0n) is 9.37. The predicted octanol–water partition coefficient (Wildman–Crippen LogP) is 3.29. The Morgan fingerprint density at radius 3 is 2.80 bits per heavy atom. The second-order valence-corrected chi connectivity index (χ2v) is 3.64. The lowest BCUT2D eigenvalue weighted by atomic mass is 10.1. The molecule has 1 aromatic rings. The molecular formula is C12H16O3. The maximum absolute atomic E-state index is 5.54. The SMILES string of the molecule is CCCOc1ccc(C(C)OC)c2c1O2. The summed E-state index contributed by atoms with van der Waals surface area (Å²) in [5.74, 6) is 2.65. The van der Waals surface area contributed by atoms with Gasteiger partial charge in [-0.1, -0.05) is 6.92 Å². The molecule has 0 spiro atoms. The zero-order valence-corrected chi connectivity index (χ0v) is 9.37. The van der Waals surface area contributed by atoms with Crippen LogP contribution in [0.4, 0.5) is 0 Å². The van der Waals surface area contributed by atoms with E-state index in [9.17, 15) is 0 Å². The number of hydrogen-bond acceptors (Lipinski definition) is 3. The molecule has 0 N–H and O–H groups in total. The first-order valence-electron chi connectivity index (χ1n) is 5.28. The van der Waals surface area contributed by atoms with Gasteiger partial charge in [0.25, 0.3) is 0 Å². The molecule has 1 atom stereocenters. The monoisotopic (exact) mass is 208 g/mol. The molecule has 3 nitrogen and oxygen atoms in total. The molecule has 0 radical (unpaired) electrons. The van der Waals surface area contributed by atoms with E-state index in [1.54, 1.807) is 7.11 Å². The van der Waals surface area contributed by atoms with Crippen molar-refractivity contribution >= 4 is 0 Å². The van der Waals surface area contributed by atoms with Gasteiger partial charge in [0.15, 0.2) is 11.5 Å². The highest BCUT2D eigenvalue weighted by Gasteiger charge is 2.31. The van der Waals surface area contributed by atoms with Gasteiger partial charge >= 0.3 is 0 Å². The van der Waals surface area contributed by atoms with Crippen LogP contribution in [0.1, 0.15) is 31.9 Å². The van der Waals surface area contributed by atoms with Crippen LogP contribution >= 0.6 is 0 Å². The van der Waals surface area contributed by atoms with Gasteiger partial charge in [0.1, 0.15) is 0 Å². The Kier molecular flexibility index (Phi) is 2.82. The molecule has 82 valence electrons. The predicted molar refractivity (Wildman–Crippen MR) is 57.7 cm³/mol. The first-order chi connectivity index (χ1) is 7.27. The molecule has 0 aliphatic carbocycles. The van der Waals surface area contributed by atoms with Gasteiger partial charge in [-0.05, 0) is 25.5 Å². The highest BCUT2D eigenvalue weighted by molar-refractivity contribution is 5.67. The Labute approximate surface area is 90.0 Å². The summed E-state index contributed by atoms with van der Waals surface area (Å²) < 4.78 is 16.2. The molecule has 1 heterocycles. The van der Waals surface area contributed by atoms with Gasteiger partial charge in [0, 0.05) is 12.7 Å². The van der Waals surface area contributed by atoms with Crippen molar-refractivity contribution in [1.82, 2.24) is 0 Å². The Balaban J connectivity index is 2.15. The van der Waals surface area contributed by atoms with Gasteiger partial charge in [-0.15, -0.1) is 0 Å². The Hall–Kier alpha value is -1.22. The van der Waals surface area contributed by atoms with Crippen LogP contribution in [0, 0.1) is 0 Å². The number of ether oxygens (including phenoxy) is 3. The minimum Gasteiger partial charge on any atom is -0.490 e. The van der Waals surface area contributed by atoms with Crippen LogP contribution in [-0.4, -0.2) is 13.7 Å². The largest absolute Gasteiger partial charge is 0.490 e. The summed E-state index contributed by atoms with van der Waals surface area (Å²) in [4.78, 5) is 0. The highest BCUT2D eigenvalue weighted by Crippen LogP contribution is 2.56. The second kappa shape index (κ2) is 4.11. The number of fused-ring (bicyclic) bond motifs is 1. The van der Waals surface area contributed by atoms with Crippen molar-refractivity contribution < 1.29 is 14.2 Å². The van der Waals surface area contributed by atoms with Crippen molar-refractivity contribution in [3.8, 4) is 17.2 Å². The van der Waals surface area contributed by atoms with E-state index in [-0.39, 0.29) is 6.10 Å². The molecule has 0 saturated carbocycles. The van der Waals surface area contributed by atoms with Crippen LogP contribution in [0.2, 0.25) is 0 Å². The number of benzene rings is 1. The second-order valence-electron chi connectivity index (χ2n) is 3.64. The lowest BCUT2D eigenvalue weighted by Gasteiger charge is -2.07. The van der Waals surface area contributed by atoms with E-state index in [0.717, 1.165) is 35.8 Å². The Bertz CT molecular complexity index is 360. The van der Waals surface area contributed by atoms with E-state index in [0.29, 0.717) is 0 Å². The summed E-state index contributed by atoms with van der Waals surface area (Å²) in [6, 6.07) is 3.96. The van der Waals surface area contributed by atoms with Crippen LogP contribution in [0.3, 0.4) is 0 Å². The highest BCUT2D eigenvalue weighted by atomic mass is 16.6. The molecular weight excluding hydrogens is 192 g/mol. The summed E-state index contributed by atoms with van der Waals surface area (Å²) in [6.45, 7) is 4.82. The van der Waals surface area contributed by atoms with Crippen molar-refractivity contribution in [2.45, 2.75) is 26.4 Å². The summed E-state index contributed by atoms with van der Waals surface area (Å²) in [7, 11) is 1.70. The number of rotatable bonds is 5. The first kappa shape index (κ1) is 10.3. The lowest BCUT2D eigenvalue weighted by Crippen LogP contribution is -1.95. The number of methoxy groups -OCH3 is 1. The van der Waals surface area contributed by atoms with Gasteiger partial charge in [-0.2, -0.15) is 0 Å². The first-order valence-corrected chi connectivity index (χ1v) is 5.28. The van der Waals surface area contributed by atoms with Crippen molar-refractivity contribution in [2.24, 2.45) is 0 Å². The zero-order chi connectivity index (χ0) is 10.8. The third kappa shape index (κ3) is 1.92. The molecule has 1 aliphatic rings. The van der Waals surface area contributed by atoms with E-state index in [1.807, 2.05) is 19.1 Å². The standard InChI is InChI=1S/C12H16O3/c1-4-7-14-10-6-5-9(8(2)13-3)11-12(10)15-11/h5-6,8H,4,7H2,1-3H3. The molecule has 1 aromatic carbocycles. The third-order valence-corrected chi connectivity index (χ3v) is 2.52. The van der Waals surface area contributed by atoms with Gasteiger partial charge in [-0.25, -0.2) is 0 Å². The average Bonchev–Trinajstić information content (AvgIpc) is 3.04. The average molecular weight is 208 g/mol. The lowest BCUT2D eigenvalue weighted by molar-refractivity contribution is 0.119. The van der Waals surface area contributed by atoms with Gasteiger partial charge in [0.2, 0.25) is 5.75 Å². The molecule has 0 saturated heterocycles. The minimum absolute atomic E-state index is 0.0708. The number of hydrogen-bond donors (Lipinski definition) is 0. The van der Waals surface area contributed by atoms with Crippen LogP contribution in [-0.2, 0) is 4.74 Å². The van der Waals surface area contributed by atoms with Crippen molar-refractivity contribution in [3.63, 3.8) is 0 Å². The van der Waals surface area contributed by atoms with E-state index in [1.165, 1.54) is 0 Å². The molecule has 0 amide bonds. The fourth-order valence-electron chi connectivity index (χ4n) is 1.52. The molecule has 2 rings (SSSR count). The quantitative estimate of drug-likeness (QED) is 0.706. The minimum atomic E-state index is 0.0708.